The molecule has 1 aromatic carbocycles. The molecule has 21 heavy (non-hydrogen) atoms. The predicted octanol–water partition coefficient (Wildman–Crippen LogP) is 2.26. The van der Waals surface area contributed by atoms with Crippen molar-refractivity contribution in [3.8, 4) is 5.69 Å². The van der Waals surface area contributed by atoms with E-state index in [1.165, 1.54) is 7.11 Å². The van der Waals surface area contributed by atoms with E-state index in [9.17, 15) is 4.79 Å². The third kappa shape index (κ3) is 4.72. The number of para-hydroxylation sites is 1. The van der Waals surface area contributed by atoms with Gasteiger partial charge < -0.3 is 9.64 Å². The molecule has 0 saturated heterocycles. The number of hydrogen-bond acceptors (Lipinski definition) is 4. The Balaban J connectivity index is 1.83. The van der Waals surface area contributed by atoms with Crippen molar-refractivity contribution >= 4 is 5.97 Å². The van der Waals surface area contributed by atoms with Crippen LogP contribution in [0.3, 0.4) is 0 Å². The zero-order valence-electron chi connectivity index (χ0n) is 12.5. The van der Waals surface area contributed by atoms with Crippen LogP contribution < -0.4 is 0 Å². The fraction of sp³-hybridized carbons (Fsp3) is 0.375. The van der Waals surface area contributed by atoms with Crippen molar-refractivity contribution in [2.75, 3.05) is 20.7 Å². The molecule has 2 rings (SSSR count). The van der Waals surface area contributed by atoms with Gasteiger partial charge in [0.15, 0.2) is 0 Å². The molecule has 112 valence electrons. The Morgan fingerprint density at radius 3 is 2.81 bits per heavy atom. The van der Waals surface area contributed by atoms with Gasteiger partial charge in [0.2, 0.25) is 0 Å². The summed E-state index contributed by atoms with van der Waals surface area (Å²) in [5, 5.41) is 4.38. The Kier molecular flexibility index (Phi) is 5.51. The quantitative estimate of drug-likeness (QED) is 0.733. The molecule has 1 aromatic heterocycles. The van der Waals surface area contributed by atoms with Crippen LogP contribution in [0.5, 0.6) is 0 Å². The Hall–Kier alpha value is -2.14. The highest BCUT2D eigenvalue weighted by molar-refractivity contribution is 5.69. The molecule has 0 N–H and O–H groups in total. The first kappa shape index (κ1) is 15.3. The topological polar surface area (TPSA) is 47.4 Å². The normalized spacial score (nSPS) is 10.8. The summed E-state index contributed by atoms with van der Waals surface area (Å²) >= 11 is 0. The van der Waals surface area contributed by atoms with Crippen LogP contribution >= 0.6 is 0 Å². The van der Waals surface area contributed by atoms with Gasteiger partial charge in [-0.15, -0.1) is 0 Å². The van der Waals surface area contributed by atoms with Gasteiger partial charge in [-0.1, -0.05) is 18.2 Å². The Labute approximate surface area is 125 Å². The SMILES string of the molecule is COC(=O)CCCN(C)Cc1cnn(-c2ccccc2)c1. The van der Waals surface area contributed by atoms with E-state index in [1.54, 1.807) is 0 Å². The molecule has 0 atom stereocenters. The molecule has 0 bridgehead atoms. The summed E-state index contributed by atoms with van der Waals surface area (Å²) in [6.07, 6.45) is 5.18. The van der Waals surface area contributed by atoms with Crippen molar-refractivity contribution < 1.29 is 9.53 Å². The number of esters is 1. The first-order chi connectivity index (χ1) is 10.2. The molecule has 0 radical (unpaired) electrons. The number of carbonyl (C=O) groups is 1. The molecule has 0 aliphatic carbocycles. The first-order valence-corrected chi connectivity index (χ1v) is 7.03. The van der Waals surface area contributed by atoms with Crippen LogP contribution in [0.25, 0.3) is 5.69 Å². The van der Waals surface area contributed by atoms with Gasteiger partial charge in [-0.25, -0.2) is 4.68 Å². The van der Waals surface area contributed by atoms with Gasteiger partial charge in [0, 0.05) is 24.7 Å². The highest BCUT2D eigenvalue weighted by Gasteiger charge is 2.06. The van der Waals surface area contributed by atoms with Gasteiger partial charge in [0.1, 0.15) is 0 Å². The molecule has 2 aromatic rings. The monoisotopic (exact) mass is 287 g/mol. The van der Waals surface area contributed by atoms with E-state index in [-0.39, 0.29) is 5.97 Å². The van der Waals surface area contributed by atoms with Crippen molar-refractivity contribution in [3.63, 3.8) is 0 Å². The number of benzene rings is 1. The van der Waals surface area contributed by atoms with Gasteiger partial charge in [-0.3, -0.25) is 4.79 Å². The van der Waals surface area contributed by atoms with Crippen LogP contribution in [0.1, 0.15) is 18.4 Å². The molecule has 0 unspecified atom stereocenters. The van der Waals surface area contributed by atoms with Crippen molar-refractivity contribution in [1.82, 2.24) is 14.7 Å². The van der Waals surface area contributed by atoms with E-state index in [0.717, 1.165) is 30.8 Å². The van der Waals surface area contributed by atoms with Crippen LogP contribution in [0.15, 0.2) is 42.7 Å². The number of rotatable bonds is 7. The molecule has 1 heterocycles. The summed E-state index contributed by atoms with van der Waals surface area (Å²) in [6.45, 7) is 1.67. The smallest absolute Gasteiger partial charge is 0.305 e. The number of methoxy groups -OCH3 is 1. The minimum Gasteiger partial charge on any atom is -0.469 e. The second kappa shape index (κ2) is 7.59. The average molecular weight is 287 g/mol. The lowest BCUT2D eigenvalue weighted by atomic mass is 10.2. The van der Waals surface area contributed by atoms with Crippen molar-refractivity contribution in [2.24, 2.45) is 0 Å². The third-order valence-corrected chi connectivity index (χ3v) is 3.26. The summed E-state index contributed by atoms with van der Waals surface area (Å²) in [5.74, 6) is -0.153. The van der Waals surface area contributed by atoms with Gasteiger partial charge in [-0.2, -0.15) is 5.10 Å². The molecule has 5 heteroatoms. The summed E-state index contributed by atoms with van der Waals surface area (Å²) < 4.78 is 6.50. The second-order valence-electron chi connectivity index (χ2n) is 5.05. The van der Waals surface area contributed by atoms with E-state index < -0.39 is 0 Å². The lowest BCUT2D eigenvalue weighted by Gasteiger charge is -2.14. The van der Waals surface area contributed by atoms with E-state index in [0.29, 0.717) is 6.42 Å². The number of hydrogen-bond donors (Lipinski definition) is 0. The fourth-order valence-corrected chi connectivity index (χ4v) is 2.15. The number of carbonyl (C=O) groups excluding carboxylic acids is 1. The molecular formula is C16H21N3O2. The Morgan fingerprint density at radius 1 is 1.33 bits per heavy atom. The molecule has 0 amide bonds. The maximum atomic E-state index is 11.1. The fourth-order valence-electron chi connectivity index (χ4n) is 2.15. The molecular weight excluding hydrogens is 266 g/mol. The van der Waals surface area contributed by atoms with Crippen LogP contribution in [-0.2, 0) is 16.1 Å². The summed E-state index contributed by atoms with van der Waals surface area (Å²) in [7, 11) is 3.46. The van der Waals surface area contributed by atoms with Crippen LogP contribution in [0.4, 0.5) is 0 Å². The zero-order valence-corrected chi connectivity index (χ0v) is 12.5. The van der Waals surface area contributed by atoms with E-state index in [1.807, 2.05) is 54.5 Å². The van der Waals surface area contributed by atoms with Crippen LogP contribution in [-0.4, -0.2) is 41.4 Å². The van der Waals surface area contributed by atoms with E-state index in [4.69, 9.17) is 0 Å². The van der Waals surface area contributed by atoms with Gasteiger partial charge in [-0.05, 0) is 32.1 Å². The maximum Gasteiger partial charge on any atom is 0.305 e. The number of nitrogens with zero attached hydrogens (tertiary/aromatic N) is 3. The summed E-state index contributed by atoms with van der Waals surface area (Å²) in [5.41, 5.74) is 2.21. The standard InChI is InChI=1S/C16H21N3O2/c1-18(10-6-9-16(20)21-2)12-14-11-17-19(13-14)15-7-4-3-5-8-15/h3-5,7-8,11,13H,6,9-10,12H2,1-2H3. The van der Waals surface area contributed by atoms with E-state index in [2.05, 4.69) is 14.7 Å². The van der Waals surface area contributed by atoms with Crippen molar-refractivity contribution in [2.45, 2.75) is 19.4 Å². The van der Waals surface area contributed by atoms with Crippen molar-refractivity contribution in [1.29, 1.82) is 0 Å². The van der Waals surface area contributed by atoms with Crippen molar-refractivity contribution in [3.05, 3.63) is 48.3 Å². The lowest BCUT2D eigenvalue weighted by molar-refractivity contribution is -0.140. The third-order valence-electron chi connectivity index (χ3n) is 3.26. The molecule has 0 aliphatic heterocycles. The van der Waals surface area contributed by atoms with Gasteiger partial charge in [0.25, 0.3) is 0 Å². The Bertz CT molecular complexity index is 566. The second-order valence-corrected chi connectivity index (χ2v) is 5.05. The summed E-state index contributed by atoms with van der Waals surface area (Å²) in [6, 6.07) is 10.0. The number of aromatic nitrogens is 2. The minimum atomic E-state index is -0.153. The number of ether oxygens (including phenoxy) is 1. The van der Waals surface area contributed by atoms with Gasteiger partial charge >= 0.3 is 5.97 Å². The minimum absolute atomic E-state index is 0.153. The average Bonchev–Trinajstić information content (AvgIpc) is 2.96. The van der Waals surface area contributed by atoms with E-state index >= 15 is 0 Å². The highest BCUT2D eigenvalue weighted by Crippen LogP contribution is 2.09. The molecule has 0 spiro atoms. The molecule has 0 aliphatic rings. The highest BCUT2D eigenvalue weighted by atomic mass is 16.5. The van der Waals surface area contributed by atoms with Crippen LogP contribution in [0.2, 0.25) is 0 Å². The Morgan fingerprint density at radius 2 is 2.10 bits per heavy atom. The molecule has 0 fully saturated rings. The lowest BCUT2D eigenvalue weighted by Crippen LogP contribution is -2.19. The first-order valence-electron chi connectivity index (χ1n) is 7.03. The maximum absolute atomic E-state index is 11.1. The van der Waals surface area contributed by atoms with Gasteiger partial charge in [0.05, 0.1) is 19.0 Å². The predicted molar refractivity (Wildman–Crippen MR) is 81.1 cm³/mol. The summed E-state index contributed by atoms with van der Waals surface area (Å²) in [4.78, 5) is 13.2. The zero-order chi connectivity index (χ0) is 15.1. The van der Waals surface area contributed by atoms with Crippen LogP contribution in [0, 0.1) is 0 Å². The molecule has 0 saturated carbocycles. The molecule has 5 nitrogen and oxygen atoms in total. The largest absolute Gasteiger partial charge is 0.469 e.